The molecule has 0 fully saturated rings. The second-order valence-electron chi connectivity index (χ2n) is 8.16. The van der Waals surface area contributed by atoms with E-state index >= 15 is 0 Å². The zero-order valence-electron chi connectivity index (χ0n) is 20.0. The zero-order valence-corrected chi connectivity index (χ0v) is 23.1. The molecule has 0 atom stereocenters. The number of amides is 1. The summed E-state index contributed by atoms with van der Waals surface area (Å²) >= 11 is 15.5. The molecule has 4 aromatic rings. The number of anilines is 1. The number of hydrogen-bond acceptors (Lipinski definition) is 4. The van der Waals surface area contributed by atoms with Crippen LogP contribution in [0.2, 0.25) is 10.0 Å². The molecule has 190 valence electrons. The lowest BCUT2D eigenvalue weighted by molar-refractivity contribution is -0.112. The summed E-state index contributed by atoms with van der Waals surface area (Å²) in [7, 11) is 0. The van der Waals surface area contributed by atoms with Gasteiger partial charge in [0, 0.05) is 25.8 Å². The van der Waals surface area contributed by atoms with E-state index in [1.807, 2.05) is 42.5 Å². The normalized spacial score (nSPS) is 10.9. The molecule has 0 aliphatic heterocycles. The third-order valence-electron chi connectivity index (χ3n) is 5.38. The molecule has 0 heterocycles. The van der Waals surface area contributed by atoms with Crippen LogP contribution in [0.15, 0.2) is 101 Å². The summed E-state index contributed by atoms with van der Waals surface area (Å²) in [5, 5.41) is 13.5. The van der Waals surface area contributed by atoms with E-state index in [4.69, 9.17) is 32.7 Å². The minimum Gasteiger partial charge on any atom is -0.489 e. The van der Waals surface area contributed by atoms with Crippen molar-refractivity contribution in [3.05, 3.63) is 128 Å². The highest BCUT2D eigenvalue weighted by molar-refractivity contribution is 9.10. The number of carbonyl (C=O) groups is 1. The first-order valence-corrected chi connectivity index (χ1v) is 13.0. The van der Waals surface area contributed by atoms with Crippen molar-refractivity contribution in [2.45, 2.75) is 13.2 Å². The Morgan fingerprint density at radius 2 is 1.45 bits per heavy atom. The molecular weight excluding hydrogens is 587 g/mol. The number of nitrogens with one attached hydrogen (secondary N) is 1. The van der Waals surface area contributed by atoms with Gasteiger partial charge in [-0.3, -0.25) is 4.79 Å². The third kappa shape index (κ3) is 7.87. The van der Waals surface area contributed by atoms with Gasteiger partial charge in [0.25, 0.3) is 5.91 Å². The molecule has 0 aromatic heterocycles. The lowest BCUT2D eigenvalue weighted by atomic mass is 10.1. The van der Waals surface area contributed by atoms with Crippen LogP contribution in [0, 0.1) is 11.3 Å². The van der Waals surface area contributed by atoms with Crippen LogP contribution < -0.4 is 14.8 Å². The number of hydrogen-bond donors (Lipinski definition) is 1. The van der Waals surface area contributed by atoms with Crippen LogP contribution in [0.25, 0.3) is 6.08 Å². The first kappa shape index (κ1) is 27.3. The molecule has 0 spiro atoms. The van der Waals surface area contributed by atoms with Gasteiger partial charge in [0.05, 0.1) is 0 Å². The number of nitriles is 1. The highest BCUT2D eigenvalue weighted by atomic mass is 79.9. The predicted molar refractivity (Wildman–Crippen MR) is 154 cm³/mol. The summed E-state index contributed by atoms with van der Waals surface area (Å²) in [5.41, 5.74) is 2.89. The van der Waals surface area contributed by atoms with E-state index in [1.54, 1.807) is 54.6 Å². The van der Waals surface area contributed by atoms with Gasteiger partial charge in [0.15, 0.2) is 0 Å². The molecule has 1 N–H and O–H groups in total. The minimum absolute atomic E-state index is 0.0980. The molecule has 0 saturated carbocycles. The fraction of sp³-hybridized carbons (Fsp3) is 0.0667. The lowest BCUT2D eigenvalue weighted by Gasteiger charge is -2.11. The summed E-state index contributed by atoms with van der Waals surface area (Å²) in [4.78, 5) is 12.9. The van der Waals surface area contributed by atoms with Gasteiger partial charge < -0.3 is 14.8 Å². The molecule has 4 aromatic carbocycles. The number of nitrogens with zero attached hydrogens (tertiary/aromatic N) is 1. The van der Waals surface area contributed by atoms with Gasteiger partial charge in [-0.2, -0.15) is 5.26 Å². The minimum atomic E-state index is -0.556. The van der Waals surface area contributed by atoms with Gasteiger partial charge in [-0.15, -0.1) is 0 Å². The molecule has 0 aliphatic rings. The Hall–Kier alpha value is -3.76. The van der Waals surface area contributed by atoms with Crippen LogP contribution in [-0.4, -0.2) is 5.91 Å². The Balaban J connectivity index is 1.41. The van der Waals surface area contributed by atoms with Crippen LogP contribution in [0.5, 0.6) is 11.5 Å². The van der Waals surface area contributed by atoms with Gasteiger partial charge in [-0.1, -0.05) is 63.4 Å². The summed E-state index contributed by atoms with van der Waals surface area (Å²) in [5.74, 6) is 0.584. The van der Waals surface area contributed by atoms with E-state index in [1.165, 1.54) is 6.08 Å². The van der Waals surface area contributed by atoms with Crippen molar-refractivity contribution in [3.63, 3.8) is 0 Å². The van der Waals surface area contributed by atoms with Crippen molar-refractivity contribution in [2.24, 2.45) is 0 Å². The fourth-order valence-corrected chi connectivity index (χ4v) is 3.96. The van der Waals surface area contributed by atoms with Crippen molar-refractivity contribution in [2.75, 3.05) is 5.32 Å². The Bertz CT molecular complexity index is 1480. The van der Waals surface area contributed by atoms with E-state index in [9.17, 15) is 10.1 Å². The maximum absolute atomic E-state index is 12.9. The third-order valence-corrected chi connectivity index (χ3v) is 6.39. The van der Waals surface area contributed by atoms with Crippen molar-refractivity contribution in [1.82, 2.24) is 0 Å². The van der Waals surface area contributed by atoms with E-state index < -0.39 is 5.91 Å². The molecule has 5 nitrogen and oxygen atoms in total. The van der Waals surface area contributed by atoms with Crippen LogP contribution in [-0.2, 0) is 18.0 Å². The van der Waals surface area contributed by atoms with Crippen LogP contribution >= 0.6 is 39.1 Å². The first-order valence-electron chi connectivity index (χ1n) is 11.5. The molecular formula is C30H21BrCl2N2O3. The summed E-state index contributed by atoms with van der Waals surface area (Å²) in [6.45, 7) is 0.701. The van der Waals surface area contributed by atoms with Crippen molar-refractivity contribution in [1.29, 1.82) is 5.26 Å². The standard InChI is InChI=1S/C30H21BrCl2N2O3/c31-24-5-1-20(2-6-24)18-37-28-12-10-27(11-13-28)35-30(36)23(17-34)15-22-16-26(33)9-14-29(22)38-19-21-3-7-25(32)8-4-21/h1-16H,18-19H2,(H,35,36)/b23-15+. The van der Waals surface area contributed by atoms with Crippen molar-refractivity contribution >= 4 is 56.8 Å². The van der Waals surface area contributed by atoms with Crippen LogP contribution in [0.4, 0.5) is 5.69 Å². The number of halogens is 3. The van der Waals surface area contributed by atoms with E-state index in [0.717, 1.165) is 15.6 Å². The topological polar surface area (TPSA) is 71.3 Å². The monoisotopic (exact) mass is 606 g/mol. The fourth-order valence-electron chi connectivity index (χ4n) is 3.39. The summed E-state index contributed by atoms with van der Waals surface area (Å²) < 4.78 is 12.7. The van der Waals surface area contributed by atoms with E-state index in [-0.39, 0.29) is 12.2 Å². The predicted octanol–water partition coefficient (Wildman–Crippen LogP) is 8.46. The molecule has 0 unspecified atom stereocenters. The largest absolute Gasteiger partial charge is 0.489 e. The van der Waals surface area contributed by atoms with E-state index in [0.29, 0.717) is 39.4 Å². The Morgan fingerprint density at radius 1 is 0.842 bits per heavy atom. The van der Waals surface area contributed by atoms with Gasteiger partial charge in [0.2, 0.25) is 0 Å². The van der Waals surface area contributed by atoms with Crippen molar-refractivity contribution in [3.8, 4) is 17.6 Å². The number of ether oxygens (including phenoxy) is 2. The second kappa shape index (κ2) is 13.2. The summed E-state index contributed by atoms with van der Waals surface area (Å²) in [6, 6.07) is 29.0. The van der Waals surface area contributed by atoms with Gasteiger partial charge in [0.1, 0.15) is 36.4 Å². The van der Waals surface area contributed by atoms with Crippen molar-refractivity contribution < 1.29 is 14.3 Å². The quantitative estimate of drug-likeness (QED) is 0.153. The number of carbonyl (C=O) groups excluding carboxylic acids is 1. The van der Waals surface area contributed by atoms with Gasteiger partial charge >= 0.3 is 0 Å². The highest BCUT2D eigenvalue weighted by Gasteiger charge is 2.13. The first-order chi connectivity index (χ1) is 18.4. The zero-order chi connectivity index (χ0) is 26.9. The smallest absolute Gasteiger partial charge is 0.266 e. The highest BCUT2D eigenvalue weighted by Crippen LogP contribution is 2.27. The Kier molecular flexibility index (Phi) is 9.45. The summed E-state index contributed by atoms with van der Waals surface area (Å²) in [6.07, 6.45) is 1.45. The van der Waals surface area contributed by atoms with E-state index in [2.05, 4.69) is 21.2 Å². The van der Waals surface area contributed by atoms with Crippen LogP contribution in [0.3, 0.4) is 0 Å². The Labute approximate surface area is 239 Å². The lowest BCUT2D eigenvalue weighted by Crippen LogP contribution is -2.13. The number of benzene rings is 4. The van der Waals surface area contributed by atoms with Crippen LogP contribution in [0.1, 0.15) is 16.7 Å². The molecule has 0 aliphatic carbocycles. The average Bonchev–Trinajstić information content (AvgIpc) is 2.92. The average molecular weight is 608 g/mol. The molecule has 0 bridgehead atoms. The number of rotatable bonds is 9. The molecule has 1 amide bonds. The Morgan fingerprint density at radius 3 is 2.11 bits per heavy atom. The molecule has 4 rings (SSSR count). The second-order valence-corrected chi connectivity index (χ2v) is 9.95. The maximum Gasteiger partial charge on any atom is 0.266 e. The molecule has 8 heteroatoms. The maximum atomic E-state index is 12.9. The molecule has 0 saturated heterocycles. The van der Waals surface area contributed by atoms with Gasteiger partial charge in [-0.05, 0) is 83.9 Å². The molecule has 38 heavy (non-hydrogen) atoms. The van der Waals surface area contributed by atoms with Gasteiger partial charge in [-0.25, -0.2) is 0 Å². The molecule has 0 radical (unpaired) electrons. The SMILES string of the molecule is N#C/C(=C\c1cc(Cl)ccc1OCc1ccc(Cl)cc1)C(=O)Nc1ccc(OCc2ccc(Br)cc2)cc1.